The van der Waals surface area contributed by atoms with Crippen LogP contribution in [0.1, 0.15) is 34.0 Å². The van der Waals surface area contributed by atoms with E-state index < -0.39 is 5.97 Å². The molecule has 0 saturated heterocycles. The van der Waals surface area contributed by atoms with Gasteiger partial charge in [-0.1, -0.05) is 0 Å². The normalized spacial score (nSPS) is 11.8. The summed E-state index contributed by atoms with van der Waals surface area (Å²) in [7, 11) is 0. The first-order valence-corrected chi connectivity index (χ1v) is 6.96. The highest BCUT2D eigenvalue weighted by Gasteiger charge is 2.13. The lowest BCUT2D eigenvalue weighted by atomic mass is 10.1. The lowest BCUT2D eigenvalue weighted by molar-refractivity contribution is 0.0702. The third-order valence-corrected chi connectivity index (χ3v) is 4.51. The molecule has 0 unspecified atom stereocenters. The molecule has 5 heteroatoms. The number of hydrogen-bond acceptors (Lipinski definition) is 4. The molecule has 90 valence electrons. The summed E-state index contributed by atoms with van der Waals surface area (Å²) in [6, 6.07) is 1.76. The molecule has 1 aromatic rings. The van der Waals surface area contributed by atoms with Crippen LogP contribution in [0.3, 0.4) is 0 Å². The minimum Gasteiger partial charge on any atom is -0.477 e. The summed E-state index contributed by atoms with van der Waals surface area (Å²) < 4.78 is 0. The zero-order chi connectivity index (χ0) is 12.3. The van der Waals surface area contributed by atoms with Gasteiger partial charge in [0.05, 0.1) is 0 Å². The topological polar surface area (TPSA) is 63.3 Å². The minimum atomic E-state index is -0.844. The number of carboxylic acid groups (broad SMARTS) is 1. The van der Waals surface area contributed by atoms with Gasteiger partial charge in [-0.3, -0.25) is 0 Å². The predicted molar refractivity (Wildman–Crippen MR) is 70.4 cm³/mol. The molecule has 0 aliphatic heterocycles. The molecule has 3 nitrogen and oxygen atoms in total. The van der Waals surface area contributed by atoms with Crippen molar-refractivity contribution in [2.45, 2.75) is 32.1 Å². The highest BCUT2D eigenvalue weighted by atomic mass is 32.2. The standard InChI is InChI=1S/C11H17NO2S2/c1-7-8(4-9(16-7)10(13)14)5-15-6-11(2,3)12/h4H,5-6,12H2,1-3H3,(H,13,14). The number of carboxylic acids is 1. The maximum Gasteiger partial charge on any atom is 0.345 e. The van der Waals surface area contributed by atoms with E-state index in [2.05, 4.69) is 0 Å². The zero-order valence-corrected chi connectivity index (χ0v) is 11.4. The molecule has 1 rings (SSSR count). The Morgan fingerprint density at radius 2 is 2.25 bits per heavy atom. The smallest absolute Gasteiger partial charge is 0.345 e. The molecule has 0 spiro atoms. The van der Waals surface area contributed by atoms with Crippen LogP contribution in [0.5, 0.6) is 0 Å². The van der Waals surface area contributed by atoms with Crippen molar-refractivity contribution in [2.24, 2.45) is 5.73 Å². The Bertz CT molecular complexity index is 380. The van der Waals surface area contributed by atoms with Crippen LogP contribution in [-0.4, -0.2) is 22.4 Å². The third-order valence-electron chi connectivity index (χ3n) is 1.96. The van der Waals surface area contributed by atoms with Gasteiger partial charge in [0.2, 0.25) is 0 Å². The minimum absolute atomic E-state index is 0.176. The van der Waals surface area contributed by atoms with Gasteiger partial charge in [-0.25, -0.2) is 4.79 Å². The van der Waals surface area contributed by atoms with Crippen molar-refractivity contribution in [2.75, 3.05) is 5.75 Å². The first-order chi connectivity index (χ1) is 7.29. The van der Waals surface area contributed by atoms with Crippen LogP contribution in [0, 0.1) is 6.92 Å². The fraction of sp³-hybridized carbons (Fsp3) is 0.545. The Kier molecular flexibility index (Phi) is 4.41. The summed E-state index contributed by atoms with van der Waals surface area (Å²) >= 11 is 3.08. The largest absolute Gasteiger partial charge is 0.477 e. The fourth-order valence-electron chi connectivity index (χ4n) is 1.19. The molecule has 0 aliphatic rings. The molecule has 0 bridgehead atoms. The second-order valence-electron chi connectivity index (χ2n) is 4.48. The third kappa shape index (κ3) is 4.15. The highest BCUT2D eigenvalue weighted by molar-refractivity contribution is 7.98. The van der Waals surface area contributed by atoms with Gasteiger partial charge in [0, 0.05) is 21.9 Å². The maximum absolute atomic E-state index is 10.8. The molecule has 0 atom stereocenters. The summed E-state index contributed by atoms with van der Waals surface area (Å²) in [6.07, 6.45) is 0. The molecule has 0 fully saturated rings. The summed E-state index contributed by atoms with van der Waals surface area (Å²) in [5.41, 5.74) is 6.81. The van der Waals surface area contributed by atoms with Gasteiger partial charge in [0.25, 0.3) is 0 Å². The van der Waals surface area contributed by atoms with Crippen molar-refractivity contribution in [1.82, 2.24) is 0 Å². The van der Waals surface area contributed by atoms with Crippen LogP contribution in [0.2, 0.25) is 0 Å². The van der Waals surface area contributed by atoms with E-state index in [0.717, 1.165) is 21.9 Å². The Balaban J connectivity index is 2.58. The van der Waals surface area contributed by atoms with Crippen molar-refractivity contribution >= 4 is 29.1 Å². The molecular weight excluding hydrogens is 242 g/mol. The molecule has 0 saturated carbocycles. The molecule has 1 aromatic heterocycles. The van der Waals surface area contributed by atoms with E-state index in [-0.39, 0.29) is 5.54 Å². The Morgan fingerprint density at radius 3 is 2.69 bits per heavy atom. The van der Waals surface area contributed by atoms with Crippen LogP contribution in [0.4, 0.5) is 0 Å². The average Bonchev–Trinajstić information content (AvgIpc) is 2.46. The van der Waals surface area contributed by atoms with Crippen molar-refractivity contribution in [3.8, 4) is 0 Å². The van der Waals surface area contributed by atoms with E-state index in [0.29, 0.717) is 4.88 Å². The summed E-state index contributed by atoms with van der Waals surface area (Å²) in [5, 5.41) is 8.86. The predicted octanol–water partition coefficient (Wildman–Crippen LogP) is 2.73. The molecule has 0 aromatic carbocycles. The van der Waals surface area contributed by atoms with Gasteiger partial charge in [-0.05, 0) is 32.4 Å². The van der Waals surface area contributed by atoms with E-state index in [1.165, 1.54) is 11.3 Å². The average molecular weight is 259 g/mol. The van der Waals surface area contributed by atoms with Gasteiger partial charge in [0.15, 0.2) is 0 Å². The maximum atomic E-state index is 10.8. The van der Waals surface area contributed by atoms with Crippen molar-refractivity contribution < 1.29 is 9.90 Å². The van der Waals surface area contributed by atoms with E-state index in [4.69, 9.17) is 10.8 Å². The van der Waals surface area contributed by atoms with Crippen molar-refractivity contribution in [3.63, 3.8) is 0 Å². The monoisotopic (exact) mass is 259 g/mol. The molecule has 3 N–H and O–H groups in total. The van der Waals surface area contributed by atoms with Crippen molar-refractivity contribution in [1.29, 1.82) is 0 Å². The lowest BCUT2D eigenvalue weighted by Gasteiger charge is -2.17. The first-order valence-electron chi connectivity index (χ1n) is 4.99. The fourth-order valence-corrected chi connectivity index (χ4v) is 3.31. The first kappa shape index (κ1) is 13.5. The van der Waals surface area contributed by atoms with E-state index in [1.807, 2.05) is 20.8 Å². The number of rotatable bonds is 5. The van der Waals surface area contributed by atoms with Gasteiger partial charge < -0.3 is 10.8 Å². The van der Waals surface area contributed by atoms with Crippen molar-refractivity contribution in [3.05, 3.63) is 21.4 Å². The Labute approximate surface area is 104 Å². The summed E-state index contributed by atoms with van der Waals surface area (Å²) in [5.74, 6) is 0.851. The number of carbonyl (C=O) groups is 1. The molecule has 16 heavy (non-hydrogen) atoms. The van der Waals surface area contributed by atoms with Crippen LogP contribution in [-0.2, 0) is 5.75 Å². The second-order valence-corrected chi connectivity index (χ2v) is 6.72. The van der Waals surface area contributed by atoms with Gasteiger partial charge in [-0.15, -0.1) is 11.3 Å². The lowest BCUT2D eigenvalue weighted by Crippen LogP contribution is -2.34. The molecule has 0 radical (unpaired) electrons. The molecule has 1 heterocycles. The van der Waals surface area contributed by atoms with E-state index in [1.54, 1.807) is 17.8 Å². The number of thiophene rings is 1. The number of thioether (sulfide) groups is 1. The van der Waals surface area contributed by atoms with Crippen LogP contribution < -0.4 is 5.73 Å². The van der Waals surface area contributed by atoms with E-state index in [9.17, 15) is 4.79 Å². The summed E-state index contributed by atoms with van der Waals surface area (Å²) in [4.78, 5) is 12.3. The van der Waals surface area contributed by atoms with Crippen LogP contribution in [0.15, 0.2) is 6.07 Å². The summed E-state index contributed by atoms with van der Waals surface area (Å²) in [6.45, 7) is 5.94. The molecule has 0 amide bonds. The Hall–Kier alpha value is -0.520. The van der Waals surface area contributed by atoms with Gasteiger partial charge in [-0.2, -0.15) is 11.8 Å². The zero-order valence-electron chi connectivity index (χ0n) is 9.74. The molecule has 0 aliphatic carbocycles. The van der Waals surface area contributed by atoms with Crippen LogP contribution in [0.25, 0.3) is 0 Å². The van der Waals surface area contributed by atoms with Crippen LogP contribution >= 0.6 is 23.1 Å². The SMILES string of the molecule is Cc1sc(C(=O)O)cc1CSCC(C)(C)N. The number of nitrogens with two attached hydrogens (primary N) is 1. The Morgan fingerprint density at radius 1 is 1.62 bits per heavy atom. The van der Waals surface area contributed by atoms with Gasteiger partial charge >= 0.3 is 5.97 Å². The number of hydrogen-bond donors (Lipinski definition) is 2. The second kappa shape index (κ2) is 5.21. The quantitative estimate of drug-likeness (QED) is 0.853. The highest BCUT2D eigenvalue weighted by Crippen LogP contribution is 2.26. The number of aryl methyl sites for hydroxylation is 1. The van der Waals surface area contributed by atoms with Gasteiger partial charge in [0.1, 0.15) is 4.88 Å². The molecular formula is C11H17NO2S2. The number of aromatic carboxylic acids is 1. The van der Waals surface area contributed by atoms with E-state index >= 15 is 0 Å².